The fraction of sp³-hybridized carbons (Fsp3) is 0.385. The van der Waals surface area contributed by atoms with E-state index in [1.54, 1.807) is 13.0 Å². The number of terminal acetylenes is 1. The summed E-state index contributed by atoms with van der Waals surface area (Å²) in [5.41, 5.74) is 7.10. The Balaban J connectivity index is 3.21. The lowest BCUT2D eigenvalue weighted by atomic mass is 10.0. The van der Waals surface area contributed by atoms with Gasteiger partial charge in [-0.05, 0) is 26.0 Å². The molecular formula is C13H17FN2. The van der Waals surface area contributed by atoms with Crippen molar-refractivity contribution >= 4 is 5.69 Å². The van der Waals surface area contributed by atoms with E-state index in [0.717, 1.165) is 12.2 Å². The van der Waals surface area contributed by atoms with Crippen molar-refractivity contribution in [3.05, 3.63) is 29.6 Å². The van der Waals surface area contributed by atoms with Gasteiger partial charge in [0.2, 0.25) is 0 Å². The molecule has 1 aromatic rings. The number of halogens is 1. The zero-order chi connectivity index (χ0) is 12.1. The van der Waals surface area contributed by atoms with Crippen molar-refractivity contribution in [3.63, 3.8) is 0 Å². The summed E-state index contributed by atoms with van der Waals surface area (Å²) in [6.45, 7) is 4.94. The molecule has 0 bridgehead atoms. The molecule has 86 valence electrons. The fourth-order valence-electron chi connectivity index (χ4n) is 1.73. The molecule has 0 radical (unpaired) electrons. The van der Waals surface area contributed by atoms with Gasteiger partial charge >= 0.3 is 0 Å². The van der Waals surface area contributed by atoms with Crippen molar-refractivity contribution < 1.29 is 4.39 Å². The lowest BCUT2D eigenvalue weighted by Crippen LogP contribution is -2.26. The van der Waals surface area contributed by atoms with Gasteiger partial charge in [0.05, 0.1) is 6.54 Å². The van der Waals surface area contributed by atoms with E-state index in [1.807, 2.05) is 17.9 Å². The van der Waals surface area contributed by atoms with Crippen LogP contribution in [0, 0.1) is 18.2 Å². The third-order valence-electron chi connectivity index (χ3n) is 2.49. The zero-order valence-corrected chi connectivity index (χ0v) is 9.70. The Morgan fingerprint density at radius 3 is 2.75 bits per heavy atom. The molecule has 2 N–H and O–H groups in total. The van der Waals surface area contributed by atoms with Crippen molar-refractivity contribution in [2.75, 3.05) is 18.0 Å². The van der Waals surface area contributed by atoms with Gasteiger partial charge < -0.3 is 10.6 Å². The van der Waals surface area contributed by atoms with Gasteiger partial charge in [0, 0.05) is 23.8 Å². The van der Waals surface area contributed by atoms with E-state index < -0.39 is 0 Å². The molecule has 0 aliphatic rings. The first kappa shape index (κ1) is 12.5. The second-order valence-corrected chi connectivity index (χ2v) is 3.68. The summed E-state index contributed by atoms with van der Waals surface area (Å²) in [4.78, 5) is 1.93. The van der Waals surface area contributed by atoms with Gasteiger partial charge in [0.25, 0.3) is 0 Å². The average Bonchev–Trinajstić information content (AvgIpc) is 2.25. The van der Waals surface area contributed by atoms with E-state index >= 15 is 0 Å². The zero-order valence-electron chi connectivity index (χ0n) is 9.70. The maximum atomic E-state index is 13.7. The Bertz CT molecular complexity index is 393. The monoisotopic (exact) mass is 220 g/mol. The molecule has 0 unspecified atom stereocenters. The number of rotatable bonds is 4. The second kappa shape index (κ2) is 5.53. The van der Waals surface area contributed by atoms with Gasteiger partial charge in [-0.3, -0.25) is 0 Å². The van der Waals surface area contributed by atoms with Gasteiger partial charge in [-0.15, -0.1) is 6.42 Å². The molecule has 16 heavy (non-hydrogen) atoms. The van der Waals surface area contributed by atoms with Crippen molar-refractivity contribution in [3.8, 4) is 12.3 Å². The summed E-state index contributed by atoms with van der Waals surface area (Å²) in [5, 5.41) is 0. The van der Waals surface area contributed by atoms with Crippen LogP contribution in [0.2, 0.25) is 0 Å². The molecule has 1 atom stereocenters. The summed E-state index contributed by atoms with van der Waals surface area (Å²) >= 11 is 0. The molecule has 0 amide bonds. The average molecular weight is 220 g/mol. The van der Waals surface area contributed by atoms with E-state index in [1.165, 1.54) is 6.07 Å². The quantitative estimate of drug-likeness (QED) is 0.789. The summed E-state index contributed by atoms with van der Waals surface area (Å²) in [5.74, 6) is 2.29. The van der Waals surface area contributed by atoms with E-state index in [2.05, 4.69) is 5.92 Å². The van der Waals surface area contributed by atoms with Gasteiger partial charge in [-0.25, -0.2) is 4.39 Å². The second-order valence-electron chi connectivity index (χ2n) is 3.68. The highest BCUT2D eigenvalue weighted by Gasteiger charge is 2.15. The van der Waals surface area contributed by atoms with E-state index in [-0.39, 0.29) is 11.9 Å². The lowest BCUT2D eigenvalue weighted by Gasteiger charge is -2.25. The third kappa shape index (κ3) is 2.53. The summed E-state index contributed by atoms with van der Waals surface area (Å²) in [6, 6.07) is 4.60. The Labute approximate surface area is 96.3 Å². The van der Waals surface area contributed by atoms with Crippen LogP contribution in [0.3, 0.4) is 0 Å². The Morgan fingerprint density at radius 1 is 1.56 bits per heavy atom. The third-order valence-corrected chi connectivity index (χ3v) is 2.49. The van der Waals surface area contributed by atoms with Crippen molar-refractivity contribution in [1.29, 1.82) is 0 Å². The minimum absolute atomic E-state index is 0.275. The fourth-order valence-corrected chi connectivity index (χ4v) is 1.73. The summed E-state index contributed by atoms with van der Waals surface area (Å²) < 4.78 is 13.7. The predicted molar refractivity (Wildman–Crippen MR) is 65.7 cm³/mol. The van der Waals surface area contributed by atoms with Crippen LogP contribution in [0.1, 0.15) is 25.5 Å². The largest absolute Gasteiger partial charge is 0.360 e. The Hall–Kier alpha value is -1.53. The highest BCUT2D eigenvalue weighted by Crippen LogP contribution is 2.27. The van der Waals surface area contributed by atoms with E-state index in [4.69, 9.17) is 12.2 Å². The first-order valence-corrected chi connectivity index (χ1v) is 5.34. The van der Waals surface area contributed by atoms with Crippen LogP contribution in [0.25, 0.3) is 0 Å². The van der Waals surface area contributed by atoms with Crippen LogP contribution in [0.15, 0.2) is 18.2 Å². The molecule has 0 aliphatic heterocycles. The highest BCUT2D eigenvalue weighted by atomic mass is 19.1. The molecule has 0 aromatic heterocycles. The molecule has 0 heterocycles. The van der Waals surface area contributed by atoms with Gasteiger partial charge in [-0.1, -0.05) is 12.0 Å². The van der Waals surface area contributed by atoms with E-state index in [0.29, 0.717) is 12.1 Å². The molecule has 0 saturated carbocycles. The van der Waals surface area contributed by atoms with Gasteiger partial charge in [0.1, 0.15) is 5.82 Å². The molecule has 0 spiro atoms. The molecule has 2 nitrogen and oxygen atoms in total. The van der Waals surface area contributed by atoms with Gasteiger partial charge in [0.15, 0.2) is 0 Å². The van der Waals surface area contributed by atoms with Crippen molar-refractivity contribution in [2.45, 2.75) is 19.9 Å². The van der Waals surface area contributed by atoms with Crippen LogP contribution >= 0.6 is 0 Å². The van der Waals surface area contributed by atoms with Gasteiger partial charge in [-0.2, -0.15) is 0 Å². The maximum Gasteiger partial charge on any atom is 0.130 e. The minimum atomic E-state index is -0.344. The van der Waals surface area contributed by atoms with Crippen LogP contribution in [0.5, 0.6) is 0 Å². The first-order chi connectivity index (χ1) is 7.61. The predicted octanol–water partition coefficient (Wildman–Crippen LogP) is 2.30. The van der Waals surface area contributed by atoms with Crippen LogP contribution in [-0.4, -0.2) is 13.1 Å². The lowest BCUT2D eigenvalue weighted by molar-refractivity contribution is 0.592. The molecule has 0 fully saturated rings. The molecule has 1 aromatic carbocycles. The SMILES string of the molecule is C#CCN(CC)c1cccc(F)c1[C@@H](C)N. The summed E-state index contributed by atoms with van der Waals surface area (Å²) in [6.07, 6.45) is 5.29. The number of hydrogen-bond acceptors (Lipinski definition) is 2. The highest BCUT2D eigenvalue weighted by molar-refractivity contribution is 5.56. The Kier molecular flexibility index (Phi) is 4.33. The van der Waals surface area contributed by atoms with Crippen molar-refractivity contribution in [1.82, 2.24) is 0 Å². The minimum Gasteiger partial charge on any atom is -0.360 e. The normalized spacial score (nSPS) is 11.9. The molecule has 1 rings (SSSR count). The van der Waals surface area contributed by atoms with Crippen LogP contribution < -0.4 is 10.6 Å². The number of anilines is 1. The molecule has 0 saturated heterocycles. The molecule has 3 heteroatoms. The van der Waals surface area contributed by atoms with Crippen LogP contribution in [0.4, 0.5) is 10.1 Å². The van der Waals surface area contributed by atoms with Crippen LogP contribution in [-0.2, 0) is 0 Å². The number of hydrogen-bond donors (Lipinski definition) is 1. The number of nitrogens with zero attached hydrogens (tertiary/aromatic N) is 1. The van der Waals surface area contributed by atoms with E-state index in [9.17, 15) is 4.39 Å². The molecule has 0 aliphatic carbocycles. The smallest absolute Gasteiger partial charge is 0.130 e. The topological polar surface area (TPSA) is 29.3 Å². The maximum absolute atomic E-state index is 13.7. The standard InChI is InChI=1S/C13H17FN2/c1-4-9-16(5-2)12-8-6-7-11(14)13(12)10(3)15/h1,6-8,10H,5,9,15H2,2-3H3/t10-/m1/s1. The number of nitrogens with two attached hydrogens (primary N) is 1. The Morgan fingerprint density at radius 2 is 2.25 bits per heavy atom. The first-order valence-electron chi connectivity index (χ1n) is 5.34. The number of benzene rings is 1. The van der Waals surface area contributed by atoms with Crippen molar-refractivity contribution in [2.24, 2.45) is 5.73 Å². The summed E-state index contributed by atoms with van der Waals surface area (Å²) in [7, 11) is 0. The molecular weight excluding hydrogens is 203 g/mol.